The van der Waals surface area contributed by atoms with Crippen LogP contribution in [0.15, 0.2) is 48.7 Å². The Balaban J connectivity index is 1.68. The third-order valence-corrected chi connectivity index (χ3v) is 5.86. The van der Waals surface area contributed by atoms with Gasteiger partial charge in [0.05, 0.1) is 5.56 Å². The van der Waals surface area contributed by atoms with Crippen LogP contribution >= 0.6 is 0 Å². The van der Waals surface area contributed by atoms with Crippen LogP contribution in [0.2, 0.25) is 0 Å². The van der Waals surface area contributed by atoms with E-state index < -0.39 is 35.6 Å². The quantitative estimate of drug-likeness (QED) is 0.386. The molecule has 2 amide bonds. The lowest BCUT2D eigenvalue weighted by Crippen LogP contribution is -2.42. The normalized spacial score (nSPS) is 14.0. The first-order chi connectivity index (χ1) is 18.1. The molecule has 202 valence electrons. The van der Waals surface area contributed by atoms with Gasteiger partial charge in [-0.1, -0.05) is 6.92 Å². The van der Waals surface area contributed by atoms with Crippen LogP contribution < -0.4 is 14.8 Å². The summed E-state index contributed by atoms with van der Waals surface area (Å²) < 4.78 is 60.0. The van der Waals surface area contributed by atoms with Crippen molar-refractivity contribution in [2.24, 2.45) is 7.05 Å². The van der Waals surface area contributed by atoms with Crippen molar-refractivity contribution in [2.75, 3.05) is 25.5 Å². The van der Waals surface area contributed by atoms with E-state index in [4.69, 9.17) is 14.2 Å². The average molecular weight is 533 g/mol. The Morgan fingerprint density at radius 2 is 1.82 bits per heavy atom. The molecule has 38 heavy (non-hydrogen) atoms. The van der Waals surface area contributed by atoms with E-state index in [9.17, 15) is 22.8 Å². The van der Waals surface area contributed by atoms with E-state index in [0.29, 0.717) is 19.5 Å². The third kappa shape index (κ3) is 6.25. The lowest BCUT2D eigenvalue weighted by atomic mass is 10.1. The minimum atomic E-state index is -4.79. The number of rotatable bonds is 9. The second-order valence-electron chi connectivity index (χ2n) is 8.67. The van der Waals surface area contributed by atoms with E-state index in [-0.39, 0.29) is 28.4 Å². The fourth-order valence-corrected chi connectivity index (χ4v) is 3.75. The maximum atomic E-state index is 14.0. The summed E-state index contributed by atoms with van der Waals surface area (Å²) in [5.41, 5.74) is -1.13. The Hall–Kier alpha value is -4.06. The van der Waals surface area contributed by atoms with Crippen molar-refractivity contribution in [1.29, 1.82) is 0 Å². The van der Waals surface area contributed by atoms with Crippen LogP contribution in [0.1, 0.15) is 46.0 Å². The molecule has 0 aliphatic carbocycles. The zero-order chi connectivity index (χ0) is 27.4. The predicted octanol–water partition coefficient (Wildman–Crippen LogP) is 5.09. The highest BCUT2D eigenvalue weighted by Crippen LogP contribution is 2.40. The largest absolute Gasteiger partial charge is 0.465 e. The summed E-state index contributed by atoms with van der Waals surface area (Å²) in [5, 5.41) is 6.71. The number of likely N-dealkylation sites (tertiary alicyclic amines) is 1. The van der Waals surface area contributed by atoms with Crippen LogP contribution in [0.3, 0.4) is 0 Å². The maximum Gasteiger partial charge on any atom is 0.420 e. The second kappa shape index (κ2) is 11.1. The lowest BCUT2D eigenvalue weighted by Gasteiger charge is -2.31. The van der Waals surface area contributed by atoms with Crippen LogP contribution in [0, 0.1) is 0 Å². The van der Waals surface area contributed by atoms with Crippen molar-refractivity contribution >= 4 is 17.6 Å². The van der Waals surface area contributed by atoms with Gasteiger partial charge in [-0.25, -0.2) is 0 Å². The molecule has 0 bridgehead atoms. The summed E-state index contributed by atoms with van der Waals surface area (Å²) in [6.07, 6.45) is -2.52. The first-order valence-corrected chi connectivity index (χ1v) is 11.9. The van der Waals surface area contributed by atoms with Gasteiger partial charge in [-0.05, 0) is 36.8 Å². The molecule has 1 N–H and O–H groups in total. The maximum absolute atomic E-state index is 14.0. The van der Waals surface area contributed by atoms with Gasteiger partial charge in [0.1, 0.15) is 17.2 Å². The van der Waals surface area contributed by atoms with Crippen LogP contribution in [-0.2, 0) is 18.0 Å². The summed E-state index contributed by atoms with van der Waals surface area (Å²) in [6, 6.07) is 8.83. The highest BCUT2D eigenvalue weighted by atomic mass is 19.4. The van der Waals surface area contributed by atoms with Crippen molar-refractivity contribution in [3.8, 4) is 17.2 Å². The minimum Gasteiger partial charge on any atom is -0.465 e. The standard InChI is InChI=1S/C26H27F3N4O5/c1-4-23(36-3)38-19-13-17(24(34)30-22-8-11-32(2)31-22)12-18(15-19)37-21-7-6-16(14-20(21)26(27,28)29)25(35)33-9-5-10-33/h6-8,11-15,23H,4-5,9-10H2,1-3H3,(H,30,31,34). The van der Waals surface area contributed by atoms with E-state index in [2.05, 4.69) is 10.4 Å². The molecule has 1 aliphatic heterocycles. The molecule has 1 aromatic heterocycles. The van der Waals surface area contributed by atoms with Crippen molar-refractivity contribution in [1.82, 2.24) is 14.7 Å². The van der Waals surface area contributed by atoms with Gasteiger partial charge in [-0.2, -0.15) is 18.3 Å². The number of carbonyl (C=O) groups is 2. The number of aryl methyl sites for hydroxylation is 1. The number of benzene rings is 2. The molecule has 4 rings (SSSR count). The zero-order valence-electron chi connectivity index (χ0n) is 21.0. The Labute approximate surface area is 217 Å². The number of aromatic nitrogens is 2. The van der Waals surface area contributed by atoms with Crippen molar-refractivity contribution in [2.45, 2.75) is 32.2 Å². The van der Waals surface area contributed by atoms with Gasteiger partial charge in [0, 0.05) is 63.1 Å². The van der Waals surface area contributed by atoms with Crippen molar-refractivity contribution < 1.29 is 37.0 Å². The number of nitrogens with one attached hydrogen (secondary N) is 1. The first-order valence-electron chi connectivity index (χ1n) is 11.9. The van der Waals surface area contributed by atoms with Gasteiger partial charge in [0.2, 0.25) is 0 Å². The molecular formula is C26H27F3N4O5. The molecule has 0 spiro atoms. The summed E-state index contributed by atoms with van der Waals surface area (Å²) in [4.78, 5) is 26.9. The number of amides is 2. The molecule has 9 nitrogen and oxygen atoms in total. The minimum absolute atomic E-state index is 0.0623. The summed E-state index contributed by atoms with van der Waals surface area (Å²) in [6.45, 7) is 2.84. The van der Waals surface area contributed by atoms with Gasteiger partial charge >= 0.3 is 6.18 Å². The van der Waals surface area contributed by atoms with Crippen LogP contribution in [0.4, 0.5) is 19.0 Å². The molecule has 1 atom stereocenters. The van der Waals surface area contributed by atoms with Crippen LogP contribution in [0.25, 0.3) is 0 Å². The summed E-state index contributed by atoms with van der Waals surface area (Å²) in [7, 11) is 3.13. The Morgan fingerprint density at radius 3 is 2.39 bits per heavy atom. The molecule has 1 saturated heterocycles. The number of ether oxygens (including phenoxy) is 3. The van der Waals surface area contributed by atoms with E-state index in [1.165, 1.54) is 41.0 Å². The smallest absolute Gasteiger partial charge is 0.420 e. The van der Waals surface area contributed by atoms with E-state index in [0.717, 1.165) is 18.6 Å². The number of alkyl halides is 3. The number of anilines is 1. The number of nitrogens with zero attached hydrogens (tertiary/aromatic N) is 3. The van der Waals surface area contributed by atoms with Crippen molar-refractivity contribution in [3.63, 3.8) is 0 Å². The Bertz CT molecular complexity index is 1320. The number of hydrogen-bond donors (Lipinski definition) is 1. The summed E-state index contributed by atoms with van der Waals surface area (Å²) in [5.74, 6) is -1.20. The first kappa shape index (κ1) is 27.0. The molecule has 1 aliphatic rings. The number of methoxy groups -OCH3 is 1. The van der Waals surface area contributed by atoms with E-state index in [1.54, 1.807) is 19.3 Å². The van der Waals surface area contributed by atoms with E-state index in [1.807, 2.05) is 6.92 Å². The topological polar surface area (TPSA) is 94.9 Å². The molecule has 1 unspecified atom stereocenters. The van der Waals surface area contributed by atoms with Gasteiger partial charge in [0.25, 0.3) is 11.8 Å². The SMILES string of the molecule is CCC(OC)Oc1cc(Oc2ccc(C(=O)N3CCC3)cc2C(F)(F)F)cc(C(=O)Nc2ccn(C)n2)c1. The molecule has 0 saturated carbocycles. The van der Waals surface area contributed by atoms with E-state index >= 15 is 0 Å². The molecule has 1 fully saturated rings. The highest BCUT2D eigenvalue weighted by Gasteiger charge is 2.36. The molecule has 0 radical (unpaired) electrons. The molecule has 2 heterocycles. The van der Waals surface area contributed by atoms with Crippen LogP contribution in [0.5, 0.6) is 17.2 Å². The lowest BCUT2D eigenvalue weighted by molar-refractivity contribution is -0.138. The highest BCUT2D eigenvalue weighted by molar-refractivity contribution is 6.04. The molecule has 3 aromatic rings. The summed E-state index contributed by atoms with van der Waals surface area (Å²) >= 11 is 0. The molecular weight excluding hydrogens is 505 g/mol. The third-order valence-electron chi connectivity index (χ3n) is 5.86. The molecule has 12 heteroatoms. The fraction of sp³-hybridized carbons (Fsp3) is 0.346. The van der Waals surface area contributed by atoms with Crippen molar-refractivity contribution in [3.05, 3.63) is 65.4 Å². The number of hydrogen-bond acceptors (Lipinski definition) is 6. The van der Waals surface area contributed by atoms with Gasteiger partial charge in [-0.15, -0.1) is 0 Å². The van der Waals surface area contributed by atoms with Gasteiger partial charge < -0.3 is 24.4 Å². The molecule has 2 aromatic carbocycles. The fourth-order valence-electron chi connectivity index (χ4n) is 3.75. The van der Waals surface area contributed by atoms with Gasteiger partial charge in [-0.3, -0.25) is 14.3 Å². The second-order valence-corrected chi connectivity index (χ2v) is 8.67. The van der Waals surface area contributed by atoms with Gasteiger partial charge in [0.15, 0.2) is 12.1 Å². The zero-order valence-corrected chi connectivity index (χ0v) is 21.0. The van der Waals surface area contributed by atoms with Crippen LogP contribution in [-0.4, -0.2) is 53.0 Å². The predicted molar refractivity (Wildman–Crippen MR) is 131 cm³/mol. The number of carbonyl (C=O) groups excluding carboxylic acids is 2. The Kier molecular flexibility index (Phi) is 7.91. The number of halogens is 3. The Morgan fingerprint density at radius 1 is 1.08 bits per heavy atom. The average Bonchev–Trinajstić information content (AvgIpc) is 3.25. The monoisotopic (exact) mass is 532 g/mol.